The fourth-order valence-electron chi connectivity index (χ4n) is 2.39. The number of aliphatic hydroxyl groups excluding tert-OH is 2. The van der Waals surface area contributed by atoms with Crippen LogP contribution in [0.2, 0.25) is 0 Å². The summed E-state index contributed by atoms with van der Waals surface area (Å²) in [4.78, 5) is 0. The van der Waals surface area contributed by atoms with Gasteiger partial charge in [-0.2, -0.15) is 0 Å². The van der Waals surface area contributed by atoms with Crippen LogP contribution in [0, 0.1) is 5.92 Å². The van der Waals surface area contributed by atoms with Gasteiger partial charge in [-0.3, -0.25) is 0 Å². The maximum Gasteiger partial charge on any atom is 0.0459 e. The van der Waals surface area contributed by atoms with E-state index in [1.54, 1.807) is 0 Å². The predicted molar refractivity (Wildman–Crippen MR) is 61.7 cm³/mol. The smallest absolute Gasteiger partial charge is 0.0459 e. The molecule has 90 valence electrons. The van der Waals surface area contributed by atoms with Crippen molar-refractivity contribution in [1.82, 2.24) is 5.32 Å². The molecule has 0 heterocycles. The van der Waals surface area contributed by atoms with Crippen LogP contribution in [-0.2, 0) is 0 Å². The van der Waals surface area contributed by atoms with E-state index in [0.717, 1.165) is 25.7 Å². The monoisotopic (exact) mass is 215 g/mol. The second kappa shape index (κ2) is 7.20. The van der Waals surface area contributed by atoms with Crippen molar-refractivity contribution in [2.45, 2.75) is 57.5 Å². The third kappa shape index (κ3) is 4.96. The molecule has 1 rings (SSSR count). The van der Waals surface area contributed by atoms with E-state index >= 15 is 0 Å². The first-order valence-corrected chi connectivity index (χ1v) is 6.24. The third-order valence-electron chi connectivity index (χ3n) is 3.42. The first kappa shape index (κ1) is 12.9. The molecule has 0 aromatic rings. The molecule has 1 aliphatic carbocycles. The number of rotatable bonds is 6. The standard InChI is InChI=1S/C12H25NO2/c1-10(3-2-8-14)13-12-6-4-11(9-15)5-7-12/h10-15H,2-9H2,1H3. The average Bonchev–Trinajstić information content (AvgIpc) is 2.27. The lowest BCUT2D eigenvalue weighted by Crippen LogP contribution is -2.39. The van der Waals surface area contributed by atoms with Crippen LogP contribution >= 0.6 is 0 Å². The Morgan fingerprint density at radius 1 is 1.20 bits per heavy atom. The van der Waals surface area contributed by atoms with Crippen LogP contribution in [0.3, 0.4) is 0 Å². The van der Waals surface area contributed by atoms with Crippen molar-refractivity contribution in [2.24, 2.45) is 5.92 Å². The summed E-state index contributed by atoms with van der Waals surface area (Å²) in [5.74, 6) is 0.538. The van der Waals surface area contributed by atoms with Crippen molar-refractivity contribution < 1.29 is 10.2 Å². The predicted octanol–water partition coefficient (Wildman–Crippen LogP) is 1.29. The fraction of sp³-hybridized carbons (Fsp3) is 1.00. The summed E-state index contributed by atoms with van der Waals surface area (Å²) in [5.41, 5.74) is 0. The summed E-state index contributed by atoms with van der Waals surface area (Å²) >= 11 is 0. The van der Waals surface area contributed by atoms with Crippen molar-refractivity contribution in [2.75, 3.05) is 13.2 Å². The topological polar surface area (TPSA) is 52.5 Å². The minimum atomic E-state index is 0.295. The van der Waals surface area contributed by atoms with Gasteiger partial charge in [0.1, 0.15) is 0 Å². The van der Waals surface area contributed by atoms with Crippen LogP contribution < -0.4 is 5.32 Å². The molecule has 3 nitrogen and oxygen atoms in total. The molecule has 1 fully saturated rings. The van der Waals surface area contributed by atoms with Gasteiger partial charge in [-0.25, -0.2) is 0 Å². The Kier molecular flexibility index (Phi) is 6.22. The molecule has 15 heavy (non-hydrogen) atoms. The molecule has 3 heteroatoms. The fourth-order valence-corrected chi connectivity index (χ4v) is 2.39. The zero-order valence-electron chi connectivity index (χ0n) is 9.78. The molecule has 0 aromatic carbocycles. The van der Waals surface area contributed by atoms with E-state index in [1.165, 1.54) is 12.8 Å². The summed E-state index contributed by atoms with van der Waals surface area (Å²) in [6.45, 7) is 2.84. The Balaban J connectivity index is 2.12. The Hall–Kier alpha value is -0.120. The first-order valence-electron chi connectivity index (χ1n) is 6.24. The van der Waals surface area contributed by atoms with Gasteiger partial charge >= 0.3 is 0 Å². The lowest BCUT2D eigenvalue weighted by Gasteiger charge is -2.30. The van der Waals surface area contributed by atoms with E-state index in [-0.39, 0.29) is 0 Å². The van der Waals surface area contributed by atoms with Gasteiger partial charge in [-0.1, -0.05) is 0 Å². The molecule has 3 N–H and O–H groups in total. The largest absolute Gasteiger partial charge is 0.396 e. The second-order valence-corrected chi connectivity index (χ2v) is 4.83. The maximum atomic E-state index is 9.03. The average molecular weight is 215 g/mol. The highest BCUT2D eigenvalue weighted by Gasteiger charge is 2.21. The Bertz CT molecular complexity index is 156. The first-order chi connectivity index (χ1) is 7.26. The molecule has 1 saturated carbocycles. The van der Waals surface area contributed by atoms with Crippen LogP contribution in [0.5, 0.6) is 0 Å². The molecule has 1 atom stereocenters. The van der Waals surface area contributed by atoms with E-state index in [0.29, 0.717) is 31.2 Å². The van der Waals surface area contributed by atoms with E-state index in [4.69, 9.17) is 10.2 Å². The minimum absolute atomic E-state index is 0.295. The summed E-state index contributed by atoms with van der Waals surface area (Å²) in [6.07, 6.45) is 6.63. The number of hydrogen-bond acceptors (Lipinski definition) is 3. The van der Waals surface area contributed by atoms with Gasteiger partial charge in [0.15, 0.2) is 0 Å². The number of aliphatic hydroxyl groups is 2. The van der Waals surface area contributed by atoms with Crippen molar-refractivity contribution in [3.05, 3.63) is 0 Å². The molecule has 0 aromatic heterocycles. The van der Waals surface area contributed by atoms with E-state index in [2.05, 4.69) is 12.2 Å². The van der Waals surface area contributed by atoms with Gasteiger partial charge in [0.05, 0.1) is 0 Å². The van der Waals surface area contributed by atoms with Crippen molar-refractivity contribution >= 4 is 0 Å². The van der Waals surface area contributed by atoms with E-state index in [1.807, 2.05) is 0 Å². The minimum Gasteiger partial charge on any atom is -0.396 e. The molecule has 0 radical (unpaired) electrons. The SMILES string of the molecule is CC(CCCO)NC1CCC(CO)CC1. The molecule has 1 aliphatic rings. The normalized spacial score (nSPS) is 29.0. The lowest BCUT2D eigenvalue weighted by atomic mass is 9.86. The Labute approximate surface area is 92.9 Å². The van der Waals surface area contributed by atoms with E-state index < -0.39 is 0 Å². The van der Waals surface area contributed by atoms with Crippen LogP contribution in [0.4, 0.5) is 0 Å². The van der Waals surface area contributed by atoms with Crippen LogP contribution in [0.15, 0.2) is 0 Å². The molecule has 1 unspecified atom stereocenters. The van der Waals surface area contributed by atoms with Gasteiger partial charge in [-0.05, 0) is 51.4 Å². The summed E-state index contributed by atoms with van der Waals surface area (Å²) in [5, 5.41) is 21.4. The number of nitrogens with one attached hydrogen (secondary N) is 1. The van der Waals surface area contributed by atoms with Gasteiger partial charge in [-0.15, -0.1) is 0 Å². The molecule has 0 saturated heterocycles. The highest BCUT2D eigenvalue weighted by Crippen LogP contribution is 2.24. The molecule has 0 bridgehead atoms. The Morgan fingerprint density at radius 3 is 2.40 bits per heavy atom. The summed E-state index contributed by atoms with van der Waals surface area (Å²) in [6, 6.07) is 1.13. The zero-order chi connectivity index (χ0) is 11.1. The lowest BCUT2D eigenvalue weighted by molar-refractivity contribution is 0.171. The van der Waals surface area contributed by atoms with Crippen molar-refractivity contribution in [3.63, 3.8) is 0 Å². The quantitative estimate of drug-likeness (QED) is 0.626. The van der Waals surface area contributed by atoms with Gasteiger partial charge < -0.3 is 15.5 Å². The maximum absolute atomic E-state index is 9.03. The molecule has 0 spiro atoms. The molecular weight excluding hydrogens is 190 g/mol. The zero-order valence-corrected chi connectivity index (χ0v) is 9.78. The van der Waals surface area contributed by atoms with Gasteiger partial charge in [0.25, 0.3) is 0 Å². The molecular formula is C12H25NO2. The van der Waals surface area contributed by atoms with Crippen LogP contribution in [0.25, 0.3) is 0 Å². The van der Waals surface area contributed by atoms with Crippen molar-refractivity contribution in [3.8, 4) is 0 Å². The van der Waals surface area contributed by atoms with E-state index in [9.17, 15) is 0 Å². The Morgan fingerprint density at radius 2 is 1.87 bits per heavy atom. The van der Waals surface area contributed by atoms with Gasteiger partial charge in [0, 0.05) is 25.3 Å². The summed E-state index contributed by atoms with van der Waals surface area (Å²) < 4.78 is 0. The molecule has 0 aliphatic heterocycles. The highest BCUT2D eigenvalue weighted by atomic mass is 16.3. The van der Waals surface area contributed by atoms with Crippen molar-refractivity contribution in [1.29, 1.82) is 0 Å². The molecule has 0 amide bonds. The van der Waals surface area contributed by atoms with Gasteiger partial charge in [0.2, 0.25) is 0 Å². The summed E-state index contributed by atoms with van der Waals surface area (Å²) in [7, 11) is 0. The third-order valence-corrected chi connectivity index (χ3v) is 3.42. The highest BCUT2D eigenvalue weighted by molar-refractivity contribution is 4.78. The second-order valence-electron chi connectivity index (χ2n) is 4.83. The number of hydrogen-bond donors (Lipinski definition) is 3. The van der Waals surface area contributed by atoms with Crippen LogP contribution in [0.1, 0.15) is 45.4 Å². The van der Waals surface area contributed by atoms with Crippen LogP contribution in [-0.4, -0.2) is 35.5 Å².